The topological polar surface area (TPSA) is 62.3 Å². The zero-order chi connectivity index (χ0) is 22.1. The van der Waals surface area contributed by atoms with Gasteiger partial charge in [-0.3, -0.25) is 14.5 Å². The number of carbonyl (C=O) groups excluding carboxylic acids is 2. The summed E-state index contributed by atoms with van der Waals surface area (Å²) in [7, 11) is 0. The van der Waals surface area contributed by atoms with Crippen molar-refractivity contribution < 1.29 is 14.0 Å². The minimum Gasteiger partial charge on any atom is -0.310 e. The molecular weight excluding hydrogens is 405 g/mol. The number of amides is 2. The number of hydrogen-bond acceptors (Lipinski definition) is 3. The highest BCUT2D eigenvalue weighted by Crippen LogP contribution is 2.51. The molecule has 5 nitrogen and oxygen atoms in total. The van der Waals surface area contributed by atoms with Crippen molar-refractivity contribution in [3.05, 3.63) is 89.9 Å². The molecule has 2 heterocycles. The van der Waals surface area contributed by atoms with E-state index in [9.17, 15) is 9.59 Å². The van der Waals surface area contributed by atoms with Gasteiger partial charge in [0.2, 0.25) is 5.91 Å². The second-order valence-corrected chi connectivity index (χ2v) is 8.48. The van der Waals surface area contributed by atoms with Crippen LogP contribution >= 0.6 is 0 Å². The number of rotatable bonds is 3. The van der Waals surface area contributed by atoms with Gasteiger partial charge in [0.05, 0.1) is 17.1 Å². The van der Waals surface area contributed by atoms with Crippen molar-refractivity contribution >= 4 is 23.3 Å². The zero-order valence-corrected chi connectivity index (χ0v) is 17.6. The lowest BCUT2D eigenvalue weighted by Crippen LogP contribution is -2.62. The maximum atomic E-state index is 15.0. The first-order chi connectivity index (χ1) is 15.6. The predicted octanol–water partition coefficient (Wildman–Crippen LogP) is 5.31. The maximum Gasteiger partial charge on any atom is 0.259 e. The summed E-state index contributed by atoms with van der Waals surface area (Å²) in [6, 6.07) is 18.9. The molecule has 1 N–H and O–H groups in total. The van der Waals surface area contributed by atoms with Crippen molar-refractivity contribution in [1.82, 2.24) is 4.98 Å². The second-order valence-electron chi connectivity index (χ2n) is 8.48. The molecule has 0 radical (unpaired) electrons. The summed E-state index contributed by atoms with van der Waals surface area (Å²) >= 11 is 0. The molecule has 1 atom stereocenters. The summed E-state index contributed by atoms with van der Waals surface area (Å²) in [5.74, 6) is -1.14. The molecule has 1 fully saturated rings. The number of hydrogen-bond donors (Lipinski definition) is 1. The standard InChI is InChI=1S/C26H24FN3O2/c27-20-12-4-5-13-21(20)30-25(32)19-11-3-2-10-18(19)23(26(30)15-7-1-8-16-26)24(31)29-22-14-6-9-17-28-22/h2-6,9-14,17,23H,1,7-8,15-16H2,(H,28,29,31)/t23-/m0/s1. The molecular formula is C26H24FN3O2. The van der Waals surface area contributed by atoms with E-state index < -0.39 is 17.3 Å². The molecule has 1 aromatic heterocycles. The monoisotopic (exact) mass is 429 g/mol. The minimum atomic E-state index is -0.843. The number of anilines is 2. The number of nitrogens with one attached hydrogen (secondary N) is 1. The molecule has 0 saturated heterocycles. The van der Waals surface area contributed by atoms with Gasteiger partial charge < -0.3 is 5.32 Å². The summed E-state index contributed by atoms with van der Waals surface area (Å²) in [6.07, 6.45) is 5.64. The largest absolute Gasteiger partial charge is 0.310 e. The van der Waals surface area contributed by atoms with Gasteiger partial charge in [0.15, 0.2) is 0 Å². The van der Waals surface area contributed by atoms with E-state index in [-0.39, 0.29) is 17.5 Å². The third kappa shape index (κ3) is 3.27. The van der Waals surface area contributed by atoms with Gasteiger partial charge in [-0.05, 0) is 48.7 Å². The molecule has 3 aromatic rings. The lowest BCUT2D eigenvalue weighted by molar-refractivity contribution is -0.119. The number of para-hydroxylation sites is 1. The summed E-state index contributed by atoms with van der Waals surface area (Å²) < 4.78 is 15.0. The maximum absolute atomic E-state index is 15.0. The van der Waals surface area contributed by atoms with Crippen LogP contribution < -0.4 is 10.2 Å². The van der Waals surface area contributed by atoms with Gasteiger partial charge in [0, 0.05) is 11.8 Å². The van der Waals surface area contributed by atoms with E-state index in [0.717, 1.165) is 19.3 Å². The lowest BCUT2D eigenvalue weighted by Gasteiger charge is -2.53. The Hall–Kier alpha value is -3.54. The van der Waals surface area contributed by atoms with Crippen LogP contribution in [0, 0.1) is 5.82 Å². The van der Waals surface area contributed by atoms with E-state index >= 15 is 4.39 Å². The molecule has 0 unspecified atom stereocenters. The minimum absolute atomic E-state index is 0.226. The summed E-state index contributed by atoms with van der Waals surface area (Å²) in [5.41, 5.74) is 0.517. The molecule has 1 aliphatic heterocycles. The average molecular weight is 429 g/mol. The number of aromatic nitrogens is 1. The molecule has 5 rings (SSSR count). The Balaban J connectivity index is 1.70. The smallest absolute Gasteiger partial charge is 0.259 e. The number of fused-ring (bicyclic) bond motifs is 1. The Morgan fingerprint density at radius 3 is 2.44 bits per heavy atom. The van der Waals surface area contributed by atoms with Crippen LogP contribution in [-0.2, 0) is 4.79 Å². The van der Waals surface area contributed by atoms with Crippen LogP contribution in [0.3, 0.4) is 0 Å². The van der Waals surface area contributed by atoms with Crippen LogP contribution in [0.1, 0.15) is 53.9 Å². The number of pyridine rings is 1. The number of benzene rings is 2. The summed E-state index contributed by atoms with van der Waals surface area (Å²) in [5, 5.41) is 2.94. The third-order valence-electron chi connectivity index (χ3n) is 6.68. The lowest BCUT2D eigenvalue weighted by atomic mass is 9.65. The number of carbonyl (C=O) groups is 2. The van der Waals surface area contributed by atoms with Crippen LogP contribution in [-0.4, -0.2) is 22.3 Å². The van der Waals surface area contributed by atoms with Crippen LogP contribution in [0.2, 0.25) is 0 Å². The first-order valence-electron chi connectivity index (χ1n) is 11.0. The van der Waals surface area contributed by atoms with E-state index in [0.29, 0.717) is 29.8 Å². The molecule has 0 bridgehead atoms. The van der Waals surface area contributed by atoms with E-state index in [1.165, 1.54) is 6.07 Å². The molecule has 162 valence electrons. The van der Waals surface area contributed by atoms with Crippen LogP contribution in [0.5, 0.6) is 0 Å². The summed E-state index contributed by atoms with van der Waals surface area (Å²) in [6.45, 7) is 0. The van der Waals surface area contributed by atoms with Crippen LogP contribution in [0.25, 0.3) is 0 Å². The van der Waals surface area contributed by atoms with Gasteiger partial charge in [-0.15, -0.1) is 0 Å². The Labute approximate surface area is 186 Å². The van der Waals surface area contributed by atoms with Crippen LogP contribution in [0.4, 0.5) is 15.9 Å². The van der Waals surface area contributed by atoms with Gasteiger partial charge in [-0.2, -0.15) is 0 Å². The first kappa shape index (κ1) is 20.4. The fraction of sp³-hybridized carbons (Fsp3) is 0.269. The Bertz CT molecular complexity index is 1160. The second kappa shape index (κ2) is 8.19. The normalized spacial score (nSPS) is 19.5. The molecule has 1 saturated carbocycles. The van der Waals surface area contributed by atoms with Crippen molar-refractivity contribution in [1.29, 1.82) is 0 Å². The van der Waals surface area contributed by atoms with Crippen LogP contribution in [0.15, 0.2) is 72.9 Å². The van der Waals surface area contributed by atoms with E-state index in [2.05, 4.69) is 10.3 Å². The fourth-order valence-electron chi connectivity index (χ4n) is 5.36. The Morgan fingerprint density at radius 2 is 1.69 bits per heavy atom. The van der Waals surface area contributed by atoms with Gasteiger partial charge in [-0.25, -0.2) is 9.37 Å². The predicted molar refractivity (Wildman–Crippen MR) is 121 cm³/mol. The average Bonchev–Trinajstić information content (AvgIpc) is 2.82. The first-order valence-corrected chi connectivity index (χ1v) is 11.0. The quantitative estimate of drug-likeness (QED) is 0.614. The van der Waals surface area contributed by atoms with E-state index in [1.54, 1.807) is 53.6 Å². The zero-order valence-electron chi connectivity index (χ0n) is 17.6. The molecule has 2 amide bonds. The molecule has 2 aliphatic rings. The van der Waals surface area contributed by atoms with Gasteiger partial charge in [0.25, 0.3) is 5.91 Å². The number of nitrogens with zero attached hydrogens (tertiary/aromatic N) is 2. The molecule has 6 heteroatoms. The van der Waals surface area contributed by atoms with Crippen molar-refractivity contribution in [2.45, 2.75) is 43.6 Å². The highest BCUT2D eigenvalue weighted by Gasteiger charge is 2.55. The molecule has 1 spiro atoms. The van der Waals surface area contributed by atoms with Gasteiger partial charge in [0.1, 0.15) is 11.6 Å². The Kier molecular flexibility index (Phi) is 5.21. The third-order valence-corrected chi connectivity index (χ3v) is 6.68. The van der Waals surface area contributed by atoms with Crippen molar-refractivity contribution in [2.24, 2.45) is 0 Å². The molecule has 32 heavy (non-hydrogen) atoms. The SMILES string of the molecule is O=C(Nc1ccccn1)[C@@H]1c2ccccc2C(=O)N(c2ccccc2F)C12CCCCC2. The number of halogens is 1. The highest BCUT2D eigenvalue weighted by atomic mass is 19.1. The van der Waals surface area contributed by atoms with E-state index in [4.69, 9.17) is 0 Å². The van der Waals surface area contributed by atoms with Gasteiger partial charge in [-0.1, -0.05) is 55.7 Å². The molecule has 1 aliphatic carbocycles. The molecule has 2 aromatic carbocycles. The Morgan fingerprint density at radius 1 is 0.969 bits per heavy atom. The van der Waals surface area contributed by atoms with Crippen molar-refractivity contribution in [3.8, 4) is 0 Å². The highest BCUT2D eigenvalue weighted by molar-refractivity contribution is 6.13. The fourth-order valence-corrected chi connectivity index (χ4v) is 5.36. The van der Waals surface area contributed by atoms with Crippen molar-refractivity contribution in [2.75, 3.05) is 10.2 Å². The van der Waals surface area contributed by atoms with E-state index in [1.807, 2.05) is 18.2 Å². The van der Waals surface area contributed by atoms with Crippen molar-refractivity contribution in [3.63, 3.8) is 0 Å². The van der Waals surface area contributed by atoms with Gasteiger partial charge >= 0.3 is 0 Å². The summed E-state index contributed by atoms with van der Waals surface area (Å²) in [4.78, 5) is 33.4.